The summed E-state index contributed by atoms with van der Waals surface area (Å²) < 4.78 is 2.48. The number of allylic oxidation sites excluding steroid dienone is 4. The molecule has 61 heavy (non-hydrogen) atoms. The summed E-state index contributed by atoms with van der Waals surface area (Å²) in [5, 5.41) is 8.65. The largest absolute Gasteiger partial charge is 0.379 e. The molecule has 0 radical (unpaired) electrons. The van der Waals surface area contributed by atoms with Crippen molar-refractivity contribution in [2.45, 2.75) is 31.3 Å². The van der Waals surface area contributed by atoms with Crippen molar-refractivity contribution in [3.63, 3.8) is 0 Å². The molecule has 0 fully saturated rings. The van der Waals surface area contributed by atoms with Crippen LogP contribution in [0.2, 0.25) is 0 Å². The van der Waals surface area contributed by atoms with Gasteiger partial charge in [0.15, 0.2) is 0 Å². The third kappa shape index (κ3) is 5.43. The van der Waals surface area contributed by atoms with Crippen LogP contribution in [0.1, 0.15) is 36.7 Å². The fourth-order valence-electron chi connectivity index (χ4n) is 10.3. The number of dihydropyridines is 2. The highest BCUT2D eigenvalue weighted by Gasteiger charge is 2.37. The van der Waals surface area contributed by atoms with Crippen molar-refractivity contribution in [1.82, 2.24) is 20.2 Å². The van der Waals surface area contributed by atoms with Gasteiger partial charge in [-0.15, -0.1) is 0 Å². The monoisotopic (exact) mass is 785 g/mol. The molecule has 5 heterocycles. The van der Waals surface area contributed by atoms with Crippen molar-refractivity contribution < 1.29 is 0 Å². The van der Waals surface area contributed by atoms with E-state index in [1.54, 1.807) is 0 Å². The number of aromatic nitrogens is 2. The summed E-state index contributed by atoms with van der Waals surface area (Å²) in [6.45, 7) is 4.68. The van der Waals surface area contributed by atoms with E-state index in [2.05, 4.69) is 210 Å². The van der Waals surface area contributed by atoms with E-state index in [0.717, 1.165) is 39.7 Å². The molecule has 0 spiro atoms. The van der Waals surface area contributed by atoms with Gasteiger partial charge in [0.05, 0.1) is 40.0 Å². The molecule has 4 aliphatic rings. The lowest BCUT2D eigenvalue weighted by molar-refractivity contribution is 0.588. The molecule has 5 nitrogen and oxygen atoms in total. The highest BCUT2D eigenvalue weighted by Crippen LogP contribution is 2.55. The van der Waals surface area contributed by atoms with E-state index < -0.39 is 0 Å². The summed E-state index contributed by atoms with van der Waals surface area (Å²) in [7, 11) is 0. The summed E-state index contributed by atoms with van der Waals surface area (Å²) in [6, 6.07) is 57.7. The van der Waals surface area contributed by atoms with Crippen molar-refractivity contribution in [1.29, 1.82) is 0 Å². The minimum Gasteiger partial charge on any atom is -0.379 e. The highest BCUT2D eigenvalue weighted by molar-refractivity contribution is 6.12. The number of benzene rings is 6. The van der Waals surface area contributed by atoms with Crippen molar-refractivity contribution in [3.8, 4) is 50.3 Å². The average molecular weight is 786 g/mol. The molecule has 1 aliphatic carbocycles. The van der Waals surface area contributed by atoms with Crippen LogP contribution in [-0.4, -0.2) is 15.6 Å². The molecule has 0 saturated heterocycles. The van der Waals surface area contributed by atoms with E-state index in [1.807, 2.05) is 24.5 Å². The Hall–Kier alpha value is -7.63. The summed E-state index contributed by atoms with van der Waals surface area (Å²) in [6.07, 6.45) is 14.7. The molecule has 6 aromatic carbocycles. The SMILES string of the molecule is CC1(C)c2ccccc2-c2cc(-c3ccc(-n4c5c(c6ccccc64)-c4ccccc4N(C4=CC=C(C6C=CC=CN6)NC4c4ccccn4)c4ccccc4-5)cc3)ccc21. The Labute approximate surface area is 356 Å². The Bertz CT molecular complexity index is 3180. The standard InChI is InChI=1S/C56H43N5/c1-56(2)44-19-7-3-15-39(44)43-35-37(27-30-45(43)56)36-25-28-38(29-26-36)60-49-22-8-4-16-40(49)53-41-17-5-9-23-50(41)61(51-24-10-6-18-42(51)55(53)60)52-32-31-47(46-20-11-13-33-57-46)59-54(52)48-21-12-14-34-58-48/h3-35,46,54,57,59H,1-2H3. The lowest BCUT2D eigenvalue weighted by atomic mass is 9.82. The van der Waals surface area contributed by atoms with Gasteiger partial charge in [0, 0.05) is 45.1 Å². The van der Waals surface area contributed by atoms with Crippen LogP contribution < -0.4 is 15.5 Å². The number of rotatable bonds is 5. The van der Waals surface area contributed by atoms with E-state index in [1.165, 1.54) is 61.1 Å². The Morgan fingerprint density at radius 1 is 0.607 bits per heavy atom. The van der Waals surface area contributed by atoms with Gasteiger partial charge in [-0.25, -0.2) is 0 Å². The molecule has 12 rings (SSSR count). The number of nitrogens with one attached hydrogen (secondary N) is 2. The smallest absolute Gasteiger partial charge is 0.109 e. The number of pyridine rings is 1. The van der Waals surface area contributed by atoms with Crippen molar-refractivity contribution in [2.24, 2.45) is 0 Å². The van der Waals surface area contributed by atoms with Crippen LogP contribution in [0.5, 0.6) is 0 Å². The van der Waals surface area contributed by atoms with Crippen LogP contribution in [0.4, 0.5) is 11.4 Å². The number of hydrogen-bond donors (Lipinski definition) is 2. The highest BCUT2D eigenvalue weighted by atomic mass is 15.2. The first-order chi connectivity index (χ1) is 30.0. The molecule has 2 unspecified atom stereocenters. The number of anilines is 2. The van der Waals surface area contributed by atoms with Gasteiger partial charge in [0.1, 0.15) is 6.04 Å². The topological polar surface area (TPSA) is 45.1 Å². The molecule has 0 bridgehead atoms. The molecule has 2 atom stereocenters. The molecule has 8 aromatic rings. The number of hydrogen-bond acceptors (Lipinski definition) is 4. The second-order valence-corrected chi connectivity index (χ2v) is 16.9. The van der Waals surface area contributed by atoms with Gasteiger partial charge in [0.25, 0.3) is 0 Å². The van der Waals surface area contributed by atoms with Crippen LogP contribution in [0, 0.1) is 0 Å². The van der Waals surface area contributed by atoms with Crippen LogP contribution in [-0.2, 0) is 5.41 Å². The van der Waals surface area contributed by atoms with E-state index in [4.69, 9.17) is 4.98 Å². The van der Waals surface area contributed by atoms with Crippen LogP contribution in [0.3, 0.4) is 0 Å². The molecule has 5 heteroatoms. The molecule has 292 valence electrons. The Kier molecular flexibility index (Phi) is 7.94. The van der Waals surface area contributed by atoms with Crippen LogP contribution >= 0.6 is 0 Å². The molecular weight excluding hydrogens is 743 g/mol. The lowest BCUT2D eigenvalue weighted by Gasteiger charge is -2.37. The van der Waals surface area contributed by atoms with E-state index in [0.29, 0.717) is 0 Å². The fraction of sp³-hybridized carbons (Fsp3) is 0.0893. The summed E-state index contributed by atoms with van der Waals surface area (Å²) in [5.41, 5.74) is 20.3. The first-order valence-corrected chi connectivity index (χ1v) is 21.2. The fourth-order valence-corrected chi connectivity index (χ4v) is 10.3. The van der Waals surface area contributed by atoms with E-state index in [9.17, 15) is 0 Å². The molecule has 2 N–H and O–H groups in total. The number of fused-ring (bicyclic) bond motifs is 10. The molecule has 2 aromatic heterocycles. The normalized spacial score (nSPS) is 17.8. The summed E-state index contributed by atoms with van der Waals surface area (Å²) >= 11 is 0. The molecule has 0 saturated carbocycles. The third-order valence-electron chi connectivity index (χ3n) is 13.1. The number of nitrogens with zero attached hydrogens (tertiary/aromatic N) is 3. The average Bonchev–Trinajstić information content (AvgIpc) is 3.73. The maximum atomic E-state index is 4.94. The van der Waals surface area contributed by atoms with Crippen LogP contribution in [0.25, 0.3) is 61.2 Å². The van der Waals surface area contributed by atoms with E-state index >= 15 is 0 Å². The second-order valence-electron chi connectivity index (χ2n) is 16.9. The summed E-state index contributed by atoms with van der Waals surface area (Å²) in [5.74, 6) is 0. The van der Waals surface area contributed by atoms with Gasteiger partial charge in [-0.3, -0.25) is 4.98 Å². The predicted octanol–water partition coefficient (Wildman–Crippen LogP) is 12.9. The van der Waals surface area contributed by atoms with Gasteiger partial charge in [-0.05, 0) is 106 Å². The Morgan fingerprint density at radius 3 is 2.11 bits per heavy atom. The Morgan fingerprint density at radius 2 is 1.31 bits per heavy atom. The van der Waals surface area contributed by atoms with Gasteiger partial charge in [0.2, 0.25) is 0 Å². The first kappa shape index (κ1) is 35.3. The van der Waals surface area contributed by atoms with Gasteiger partial charge < -0.3 is 20.1 Å². The quantitative estimate of drug-likeness (QED) is 0.182. The summed E-state index contributed by atoms with van der Waals surface area (Å²) in [4.78, 5) is 7.40. The predicted molar refractivity (Wildman–Crippen MR) is 251 cm³/mol. The zero-order valence-electron chi connectivity index (χ0n) is 34.0. The second kappa shape index (κ2) is 13.7. The zero-order valence-corrected chi connectivity index (χ0v) is 34.0. The number of para-hydroxylation sites is 3. The minimum atomic E-state index is -0.217. The molecule has 0 amide bonds. The minimum absolute atomic E-state index is 0.0169. The van der Waals surface area contributed by atoms with Crippen molar-refractivity contribution in [3.05, 3.63) is 229 Å². The van der Waals surface area contributed by atoms with E-state index in [-0.39, 0.29) is 17.5 Å². The first-order valence-electron chi connectivity index (χ1n) is 21.2. The Balaban J connectivity index is 1.03. The van der Waals surface area contributed by atoms with Gasteiger partial charge >= 0.3 is 0 Å². The van der Waals surface area contributed by atoms with Crippen molar-refractivity contribution in [2.75, 3.05) is 4.90 Å². The zero-order chi connectivity index (χ0) is 40.7. The third-order valence-corrected chi connectivity index (χ3v) is 13.1. The molecular formula is C56H43N5. The maximum Gasteiger partial charge on any atom is 0.109 e. The van der Waals surface area contributed by atoms with Gasteiger partial charge in [-0.1, -0.05) is 135 Å². The van der Waals surface area contributed by atoms with Crippen LogP contribution in [0.15, 0.2) is 212 Å². The van der Waals surface area contributed by atoms with Gasteiger partial charge in [-0.2, -0.15) is 0 Å². The molecule has 3 aliphatic heterocycles. The maximum absolute atomic E-state index is 4.94. The lowest BCUT2D eigenvalue weighted by Crippen LogP contribution is -2.40. The van der Waals surface area contributed by atoms with Crippen molar-refractivity contribution >= 4 is 22.3 Å².